The fourth-order valence-electron chi connectivity index (χ4n) is 3.22. The molecular weight excluding hydrogens is 469 g/mol. The van der Waals surface area contributed by atoms with Crippen LogP contribution < -0.4 is 10.6 Å². The first-order valence-corrected chi connectivity index (χ1v) is 10.6. The molecule has 0 radical (unpaired) electrons. The van der Waals surface area contributed by atoms with Crippen molar-refractivity contribution in [1.29, 1.82) is 0 Å². The van der Waals surface area contributed by atoms with Gasteiger partial charge in [0, 0.05) is 63.0 Å². The van der Waals surface area contributed by atoms with Crippen LogP contribution in [0.15, 0.2) is 40.2 Å². The van der Waals surface area contributed by atoms with Crippen molar-refractivity contribution < 1.29 is 0 Å². The van der Waals surface area contributed by atoms with E-state index in [4.69, 9.17) is 0 Å². The Bertz CT molecular complexity index is 532. The summed E-state index contributed by atoms with van der Waals surface area (Å²) >= 11 is 1.87. The quantitative estimate of drug-likeness (QED) is 0.187. The summed E-state index contributed by atoms with van der Waals surface area (Å²) in [6.45, 7) is 11.1. The molecular formula is C20H36IN5S. The molecule has 1 atom stereocenters. The number of benzene rings is 1. The van der Waals surface area contributed by atoms with Gasteiger partial charge in [-0.05, 0) is 25.1 Å². The van der Waals surface area contributed by atoms with Crippen LogP contribution >= 0.6 is 35.7 Å². The molecule has 27 heavy (non-hydrogen) atoms. The first kappa shape index (κ1) is 24.5. The molecule has 0 spiro atoms. The van der Waals surface area contributed by atoms with E-state index in [1.807, 2.05) is 18.8 Å². The number of halogens is 1. The minimum atomic E-state index is 0. The topological polar surface area (TPSA) is 42.9 Å². The number of guanidine groups is 1. The van der Waals surface area contributed by atoms with Crippen molar-refractivity contribution in [2.75, 3.05) is 59.1 Å². The largest absolute Gasteiger partial charge is 0.356 e. The Morgan fingerprint density at radius 2 is 1.78 bits per heavy atom. The molecule has 5 nitrogen and oxygen atoms in total. The van der Waals surface area contributed by atoms with E-state index in [0.717, 1.165) is 51.0 Å². The summed E-state index contributed by atoms with van der Waals surface area (Å²) in [4.78, 5) is 10.7. The van der Waals surface area contributed by atoms with E-state index >= 15 is 0 Å². The van der Waals surface area contributed by atoms with Gasteiger partial charge in [0.15, 0.2) is 5.96 Å². The Kier molecular flexibility index (Phi) is 12.4. The molecule has 0 amide bonds. The van der Waals surface area contributed by atoms with Gasteiger partial charge in [0.25, 0.3) is 0 Å². The maximum Gasteiger partial charge on any atom is 0.191 e. The average Bonchev–Trinajstić information content (AvgIpc) is 2.65. The van der Waals surface area contributed by atoms with Crippen LogP contribution in [-0.4, -0.2) is 80.9 Å². The standard InChI is InChI=1S/C20H35N5S.HI/c1-17(2)19(25-13-11-24(4)12-14-25)16-23-20(21-3)22-10-15-26-18-8-6-5-7-9-18;/h5-9,17,19H,10-16H2,1-4H3,(H2,21,22,23);1H. The van der Waals surface area contributed by atoms with E-state index in [-0.39, 0.29) is 24.0 Å². The van der Waals surface area contributed by atoms with Crippen molar-refractivity contribution in [3.05, 3.63) is 30.3 Å². The number of nitrogens with zero attached hydrogens (tertiary/aromatic N) is 3. The second-order valence-corrected chi connectivity index (χ2v) is 8.36. The Labute approximate surface area is 186 Å². The number of thioether (sulfide) groups is 1. The molecule has 0 aromatic heterocycles. The molecule has 0 saturated carbocycles. The van der Waals surface area contributed by atoms with Gasteiger partial charge in [0.2, 0.25) is 0 Å². The van der Waals surface area contributed by atoms with Gasteiger partial charge in [-0.3, -0.25) is 9.89 Å². The summed E-state index contributed by atoms with van der Waals surface area (Å²) in [5.41, 5.74) is 0. The van der Waals surface area contributed by atoms with Crippen molar-refractivity contribution in [2.45, 2.75) is 24.8 Å². The van der Waals surface area contributed by atoms with Gasteiger partial charge in [0.1, 0.15) is 0 Å². The second kappa shape index (κ2) is 13.6. The molecule has 1 aromatic rings. The van der Waals surface area contributed by atoms with Crippen LogP contribution in [0, 0.1) is 5.92 Å². The third-order valence-corrected chi connectivity index (χ3v) is 5.90. The molecule has 1 aliphatic heterocycles. The van der Waals surface area contributed by atoms with Crippen LogP contribution in [0.25, 0.3) is 0 Å². The summed E-state index contributed by atoms with van der Waals surface area (Å²) in [5.74, 6) is 2.55. The van der Waals surface area contributed by atoms with Crippen LogP contribution in [0.3, 0.4) is 0 Å². The third-order valence-electron chi connectivity index (χ3n) is 4.89. The molecule has 1 saturated heterocycles. The monoisotopic (exact) mass is 505 g/mol. The molecule has 2 rings (SSSR count). The zero-order valence-electron chi connectivity index (χ0n) is 17.1. The lowest BCUT2D eigenvalue weighted by Crippen LogP contribution is -2.55. The maximum absolute atomic E-state index is 4.38. The lowest BCUT2D eigenvalue weighted by molar-refractivity contribution is 0.0900. The van der Waals surface area contributed by atoms with E-state index in [1.54, 1.807) is 0 Å². The number of hydrogen-bond donors (Lipinski definition) is 2. The predicted molar refractivity (Wildman–Crippen MR) is 130 cm³/mol. The molecule has 1 fully saturated rings. The number of rotatable bonds is 8. The average molecular weight is 506 g/mol. The third kappa shape index (κ3) is 9.02. The Morgan fingerprint density at radius 1 is 1.11 bits per heavy atom. The van der Waals surface area contributed by atoms with Crippen molar-refractivity contribution >= 4 is 41.7 Å². The van der Waals surface area contributed by atoms with E-state index < -0.39 is 0 Å². The highest BCUT2D eigenvalue weighted by Crippen LogP contribution is 2.16. The molecule has 0 aliphatic carbocycles. The molecule has 1 heterocycles. The van der Waals surface area contributed by atoms with E-state index in [1.165, 1.54) is 4.90 Å². The second-order valence-electron chi connectivity index (χ2n) is 7.19. The normalized spacial score (nSPS) is 17.4. The summed E-state index contributed by atoms with van der Waals surface area (Å²) in [5, 5.41) is 6.97. The smallest absolute Gasteiger partial charge is 0.191 e. The minimum absolute atomic E-state index is 0. The van der Waals surface area contributed by atoms with Crippen LogP contribution in [0.1, 0.15) is 13.8 Å². The predicted octanol–water partition coefficient (Wildman–Crippen LogP) is 2.83. The lowest BCUT2D eigenvalue weighted by Gasteiger charge is -2.40. The Balaban J connectivity index is 0.00000364. The molecule has 1 unspecified atom stereocenters. The van der Waals surface area contributed by atoms with Gasteiger partial charge in [-0.15, -0.1) is 35.7 Å². The highest BCUT2D eigenvalue weighted by Gasteiger charge is 2.24. The van der Waals surface area contributed by atoms with Gasteiger partial charge in [-0.2, -0.15) is 0 Å². The Hall–Kier alpha value is -0.510. The first-order chi connectivity index (χ1) is 12.6. The number of hydrogen-bond acceptors (Lipinski definition) is 4. The highest BCUT2D eigenvalue weighted by molar-refractivity contribution is 14.0. The van der Waals surface area contributed by atoms with Crippen molar-refractivity contribution in [3.63, 3.8) is 0 Å². The van der Waals surface area contributed by atoms with Gasteiger partial charge in [-0.25, -0.2) is 0 Å². The zero-order chi connectivity index (χ0) is 18.8. The SMILES string of the molecule is CN=C(NCCSc1ccccc1)NCC(C(C)C)N1CCN(C)CC1.I. The fraction of sp³-hybridized carbons (Fsp3) is 0.650. The number of aliphatic imine (C=N–C) groups is 1. The van der Waals surface area contributed by atoms with Crippen LogP contribution in [0.5, 0.6) is 0 Å². The molecule has 154 valence electrons. The van der Waals surface area contributed by atoms with Crippen LogP contribution in [-0.2, 0) is 0 Å². The molecule has 0 bridgehead atoms. The van der Waals surface area contributed by atoms with Crippen molar-refractivity contribution in [3.8, 4) is 0 Å². The molecule has 1 aromatic carbocycles. The first-order valence-electron chi connectivity index (χ1n) is 9.65. The van der Waals surface area contributed by atoms with E-state index in [2.05, 4.69) is 76.7 Å². The minimum Gasteiger partial charge on any atom is -0.356 e. The van der Waals surface area contributed by atoms with Gasteiger partial charge >= 0.3 is 0 Å². The fourth-order valence-corrected chi connectivity index (χ4v) is 4.01. The van der Waals surface area contributed by atoms with Crippen LogP contribution in [0.4, 0.5) is 0 Å². The molecule has 2 N–H and O–H groups in total. The maximum atomic E-state index is 4.38. The van der Waals surface area contributed by atoms with Crippen LogP contribution in [0.2, 0.25) is 0 Å². The van der Waals surface area contributed by atoms with E-state index in [0.29, 0.717) is 12.0 Å². The summed E-state index contributed by atoms with van der Waals surface area (Å²) < 4.78 is 0. The van der Waals surface area contributed by atoms with Gasteiger partial charge in [0.05, 0.1) is 0 Å². The number of likely N-dealkylation sites (N-methyl/N-ethyl adjacent to an activating group) is 1. The lowest BCUT2D eigenvalue weighted by atomic mass is 10.0. The molecule has 7 heteroatoms. The summed E-state index contributed by atoms with van der Waals surface area (Å²) in [7, 11) is 4.05. The van der Waals surface area contributed by atoms with Gasteiger partial charge in [-0.1, -0.05) is 32.0 Å². The van der Waals surface area contributed by atoms with E-state index in [9.17, 15) is 0 Å². The van der Waals surface area contributed by atoms with Crippen molar-refractivity contribution in [1.82, 2.24) is 20.4 Å². The summed E-state index contributed by atoms with van der Waals surface area (Å²) in [6.07, 6.45) is 0. The Morgan fingerprint density at radius 3 is 2.37 bits per heavy atom. The number of nitrogens with one attached hydrogen (secondary N) is 2. The van der Waals surface area contributed by atoms with Crippen molar-refractivity contribution in [2.24, 2.45) is 10.9 Å². The molecule has 1 aliphatic rings. The van der Waals surface area contributed by atoms with Gasteiger partial charge < -0.3 is 15.5 Å². The highest BCUT2D eigenvalue weighted by atomic mass is 127. The number of piperazine rings is 1. The zero-order valence-corrected chi connectivity index (χ0v) is 20.3. The summed E-state index contributed by atoms with van der Waals surface area (Å²) in [6, 6.07) is 11.1.